The number of hydrogen-bond donors (Lipinski definition) is 1. The number of pyridine rings is 2. The van der Waals surface area contributed by atoms with Crippen LogP contribution in [-0.4, -0.2) is 30.6 Å². The van der Waals surface area contributed by atoms with E-state index in [-0.39, 0.29) is 11.9 Å². The maximum absolute atomic E-state index is 13.4. The van der Waals surface area contributed by atoms with Gasteiger partial charge in [-0.1, -0.05) is 11.2 Å². The van der Waals surface area contributed by atoms with Crippen LogP contribution < -0.4 is 5.32 Å². The Kier molecular flexibility index (Phi) is 4.55. The molecule has 1 unspecified atom stereocenters. The first-order valence-electron chi connectivity index (χ1n) is 9.87. The van der Waals surface area contributed by atoms with Gasteiger partial charge in [0.1, 0.15) is 0 Å². The van der Waals surface area contributed by atoms with Crippen LogP contribution in [0, 0.1) is 20.8 Å². The second kappa shape index (κ2) is 7.28. The number of aryl methyl sites for hydroxylation is 3. The molecule has 0 bridgehead atoms. The highest BCUT2D eigenvalue weighted by atomic mass is 32.1. The highest BCUT2D eigenvalue weighted by Crippen LogP contribution is 2.33. The second-order valence-corrected chi connectivity index (χ2v) is 8.97. The van der Waals surface area contributed by atoms with E-state index < -0.39 is 0 Å². The number of amides is 1. The van der Waals surface area contributed by atoms with Crippen molar-refractivity contribution in [3.05, 3.63) is 63.4 Å². The van der Waals surface area contributed by atoms with E-state index in [9.17, 15) is 4.79 Å². The van der Waals surface area contributed by atoms with Crippen molar-refractivity contribution in [2.45, 2.75) is 33.7 Å². The molecule has 0 aliphatic carbocycles. The van der Waals surface area contributed by atoms with E-state index in [0.29, 0.717) is 33.9 Å². The summed E-state index contributed by atoms with van der Waals surface area (Å²) >= 11 is 1.69. The molecule has 0 spiro atoms. The fraction of sp³-hybridized carbons (Fsp3) is 0.227. The molecule has 5 aromatic rings. The third kappa shape index (κ3) is 3.27. The largest absolute Gasteiger partial charge is 0.342 e. The molecule has 5 rings (SSSR count). The molecule has 1 N–H and O–H groups in total. The predicted molar refractivity (Wildman–Crippen MR) is 118 cm³/mol. The molecule has 156 valence electrons. The minimum absolute atomic E-state index is 0.246. The molecule has 1 atom stereocenters. The zero-order chi connectivity index (χ0) is 21.7. The summed E-state index contributed by atoms with van der Waals surface area (Å²) in [6.45, 7) is 7.78. The topological polar surface area (TPSA) is 98.2 Å². The molecule has 1 amide bonds. The molecular weight excluding hydrogens is 412 g/mol. The molecule has 0 aromatic carbocycles. The van der Waals surface area contributed by atoms with Crippen LogP contribution in [0.5, 0.6) is 0 Å². The van der Waals surface area contributed by atoms with E-state index in [1.54, 1.807) is 18.3 Å². The summed E-state index contributed by atoms with van der Waals surface area (Å²) in [5, 5.41) is 16.1. The average molecular weight is 433 g/mol. The van der Waals surface area contributed by atoms with Crippen molar-refractivity contribution in [2.75, 3.05) is 0 Å². The molecule has 9 heteroatoms. The van der Waals surface area contributed by atoms with Crippen molar-refractivity contribution in [1.82, 2.24) is 30.1 Å². The van der Waals surface area contributed by atoms with E-state index in [0.717, 1.165) is 16.1 Å². The molecule has 5 heterocycles. The maximum Gasteiger partial charge on any atom is 0.259 e. The first-order valence-corrected chi connectivity index (χ1v) is 10.7. The third-order valence-corrected chi connectivity index (χ3v) is 6.22. The number of carbonyl (C=O) groups excluding carboxylic acids is 1. The van der Waals surface area contributed by atoms with Crippen LogP contribution >= 0.6 is 11.3 Å². The maximum atomic E-state index is 13.4. The molecule has 0 aliphatic heterocycles. The van der Waals surface area contributed by atoms with Crippen molar-refractivity contribution >= 4 is 34.0 Å². The number of thiophene rings is 1. The number of nitrogens with zero attached hydrogens (tertiary/aromatic N) is 5. The lowest BCUT2D eigenvalue weighted by Crippen LogP contribution is -2.28. The Labute approximate surface area is 181 Å². The number of carbonyl (C=O) groups is 1. The zero-order valence-corrected chi connectivity index (χ0v) is 18.3. The van der Waals surface area contributed by atoms with E-state index in [4.69, 9.17) is 4.52 Å². The number of nitrogens with one attached hydrogen (secondary N) is 1. The smallest absolute Gasteiger partial charge is 0.259 e. The lowest BCUT2D eigenvalue weighted by Gasteiger charge is -2.13. The fourth-order valence-electron chi connectivity index (χ4n) is 3.79. The van der Waals surface area contributed by atoms with Gasteiger partial charge in [-0.3, -0.25) is 9.20 Å². The Balaban J connectivity index is 1.56. The molecule has 0 fully saturated rings. The number of rotatable bonds is 4. The number of hydrogen-bond acceptors (Lipinski definition) is 7. The molecular formula is C22H20N6O2S. The van der Waals surface area contributed by atoms with Crippen LogP contribution in [0.1, 0.15) is 44.6 Å². The van der Waals surface area contributed by atoms with Crippen molar-refractivity contribution in [3.63, 3.8) is 0 Å². The van der Waals surface area contributed by atoms with Gasteiger partial charge in [-0.05, 0) is 52.0 Å². The fourth-order valence-corrected chi connectivity index (χ4v) is 4.72. The Hall–Kier alpha value is -3.59. The lowest BCUT2D eigenvalue weighted by atomic mass is 10.0. The van der Waals surface area contributed by atoms with E-state index >= 15 is 0 Å². The molecule has 0 radical (unpaired) electrons. The second-order valence-electron chi connectivity index (χ2n) is 7.51. The summed E-state index contributed by atoms with van der Waals surface area (Å²) in [6.07, 6.45) is 1.88. The number of fused-ring (bicyclic) bond motifs is 2. The van der Waals surface area contributed by atoms with Crippen LogP contribution in [-0.2, 0) is 0 Å². The van der Waals surface area contributed by atoms with Gasteiger partial charge in [0, 0.05) is 21.5 Å². The van der Waals surface area contributed by atoms with Gasteiger partial charge in [0.05, 0.1) is 28.4 Å². The Morgan fingerprint density at radius 3 is 2.81 bits per heavy atom. The van der Waals surface area contributed by atoms with Gasteiger partial charge in [-0.25, -0.2) is 4.98 Å². The summed E-state index contributed by atoms with van der Waals surface area (Å²) in [7, 11) is 0. The molecule has 0 aliphatic rings. The SMILES string of the molecule is Cc1cc(-c2cc(C(=O)NC(C)c3nnc4ccccn34)c3c(C)noc3n2)c(C)s1. The van der Waals surface area contributed by atoms with Crippen LogP contribution in [0.4, 0.5) is 0 Å². The van der Waals surface area contributed by atoms with Gasteiger partial charge in [0.2, 0.25) is 0 Å². The van der Waals surface area contributed by atoms with Crippen molar-refractivity contribution in [2.24, 2.45) is 0 Å². The monoisotopic (exact) mass is 432 g/mol. The summed E-state index contributed by atoms with van der Waals surface area (Å²) in [5.41, 5.74) is 3.86. The number of aromatic nitrogens is 5. The van der Waals surface area contributed by atoms with Gasteiger partial charge in [0.25, 0.3) is 11.6 Å². The summed E-state index contributed by atoms with van der Waals surface area (Å²) in [6, 6.07) is 9.19. The quantitative estimate of drug-likeness (QED) is 0.452. The van der Waals surface area contributed by atoms with Crippen molar-refractivity contribution in [1.29, 1.82) is 0 Å². The standard InChI is InChI=1S/C22H20N6O2S/c1-11-9-15(14(4)31-11)17-10-16(19-12(2)27-30-22(19)24-17)21(29)23-13(3)20-26-25-18-7-5-6-8-28(18)20/h5-10,13H,1-4H3,(H,23,29). The third-order valence-electron chi connectivity index (χ3n) is 5.25. The van der Waals surface area contributed by atoms with Crippen LogP contribution in [0.15, 0.2) is 41.1 Å². The van der Waals surface area contributed by atoms with Gasteiger partial charge in [0.15, 0.2) is 11.5 Å². The Morgan fingerprint density at radius 2 is 2.03 bits per heavy atom. The normalized spacial score (nSPS) is 12.5. The van der Waals surface area contributed by atoms with Gasteiger partial charge in [-0.2, -0.15) is 0 Å². The van der Waals surface area contributed by atoms with Crippen LogP contribution in [0.2, 0.25) is 0 Å². The van der Waals surface area contributed by atoms with Crippen LogP contribution in [0.25, 0.3) is 28.0 Å². The van der Waals surface area contributed by atoms with Gasteiger partial charge in [-0.15, -0.1) is 21.5 Å². The van der Waals surface area contributed by atoms with E-state index in [1.807, 2.05) is 48.7 Å². The molecule has 8 nitrogen and oxygen atoms in total. The highest BCUT2D eigenvalue weighted by Gasteiger charge is 2.23. The minimum atomic E-state index is -0.359. The first-order chi connectivity index (χ1) is 14.9. The summed E-state index contributed by atoms with van der Waals surface area (Å²) in [4.78, 5) is 20.3. The average Bonchev–Trinajstić information content (AvgIpc) is 3.44. The van der Waals surface area contributed by atoms with Crippen molar-refractivity contribution in [3.8, 4) is 11.3 Å². The lowest BCUT2D eigenvalue weighted by molar-refractivity contribution is 0.0939. The highest BCUT2D eigenvalue weighted by molar-refractivity contribution is 7.12. The van der Waals surface area contributed by atoms with Gasteiger partial charge >= 0.3 is 0 Å². The van der Waals surface area contributed by atoms with Crippen molar-refractivity contribution < 1.29 is 9.32 Å². The molecule has 0 saturated heterocycles. The molecule has 5 aromatic heterocycles. The first kappa shape index (κ1) is 19.4. The summed E-state index contributed by atoms with van der Waals surface area (Å²) in [5.74, 6) is 0.408. The Bertz CT molecular complexity index is 1450. The summed E-state index contributed by atoms with van der Waals surface area (Å²) < 4.78 is 7.28. The predicted octanol–water partition coefficient (Wildman–Crippen LogP) is 4.41. The van der Waals surface area contributed by atoms with E-state index in [2.05, 4.69) is 38.6 Å². The minimum Gasteiger partial charge on any atom is -0.342 e. The molecule has 31 heavy (non-hydrogen) atoms. The van der Waals surface area contributed by atoms with Crippen LogP contribution in [0.3, 0.4) is 0 Å². The van der Waals surface area contributed by atoms with E-state index in [1.165, 1.54) is 4.88 Å². The van der Waals surface area contributed by atoms with Gasteiger partial charge < -0.3 is 9.84 Å². The molecule has 0 saturated carbocycles. The Morgan fingerprint density at radius 1 is 1.19 bits per heavy atom. The zero-order valence-electron chi connectivity index (χ0n) is 17.5.